The fourth-order valence-electron chi connectivity index (χ4n) is 3.43. The molecule has 1 aromatic heterocycles. The second-order valence-electron chi connectivity index (χ2n) is 7.23. The lowest BCUT2D eigenvalue weighted by atomic mass is 9.96. The normalized spacial score (nSPS) is 13.3. The molecule has 1 aliphatic heterocycles. The molecule has 0 saturated carbocycles. The number of hydrogen-bond donors (Lipinski definition) is 1. The van der Waals surface area contributed by atoms with Gasteiger partial charge < -0.3 is 14.6 Å². The quantitative estimate of drug-likeness (QED) is 0.299. The number of pyridine rings is 1. The van der Waals surface area contributed by atoms with Crippen LogP contribution in [0.5, 0.6) is 5.75 Å². The van der Waals surface area contributed by atoms with Gasteiger partial charge >= 0.3 is 11.9 Å². The first-order chi connectivity index (χ1) is 16.9. The first-order valence-electron chi connectivity index (χ1n) is 10.3. The molecule has 4 rings (SSSR count). The van der Waals surface area contributed by atoms with Crippen LogP contribution in [0.4, 0.5) is 5.69 Å². The molecule has 0 unspecified atom stereocenters. The number of rotatable bonds is 6. The Kier molecular flexibility index (Phi) is 7.02. The molecule has 9 nitrogen and oxygen atoms in total. The van der Waals surface area contributed by atoms with Crippen molar-refractivity contribution in [1.29, 1.82) is 0 Å². The summed E-state index contributed by atoms with van der Waals surface area (Å²) in [5, 5.41) is 20.4. The molecule has 1 N–H and O–H groups in total. The van der Waals surface area contributed by atoms with Crippen molar-refractivity contribution in [2.24, 2.45) is 10.2 Å². The topological polar surface area (TPSA) is 128 Å². The van der Waals surface area contributed by atoms with E-state index in [0.29, 0.717) is 22.1 Å². The highest BCUT2D eigenvalue weighted by Crippen LogP contribution is 2.41. The van der Waals surface area contributed by atoms with E-state index in [1.54, 1.807) is 18.2 Å². The highest BCUT2D eigenvalue weighted by atomic mass is 32.2. The largest absolute Gasteiger partial charge is 0.505 e. The van der Waals surface area contributed by atoms with Crippen LogP contribution < -0.4 is 0 Å². The van der Waals surface area contributed by atoms with Crippen molar-refractivity contribution < 1.29 is 29.0 Å². The Morgan fingerprint density at radius 3 is 2.43 bits per heavy atom. The number of phenolic OH excluding ortho intramolecular Hbond substituents is 1. The number of nitrogens with zero attached hydrogens (tertiary/aromatic N) is 3. The number of allylic oxidation sites excluding steroid dienone is 1. The first kappa shape index (κ1) is 23.8. The summed E-state index contributed by atoms with van der Waals surface area (Å²) in [6.45, 7) is 0. The minimum Gasteiger partial charge on any atom is -0.505 e. The zero-order valence-corrected chi connectivity index (χ0v) is 19.5. The van der Waals surface area contributed by atoms with Gasteiger partial charge in [-0.15, -0.1) is 22.0 Å². The number of carbonyl (C=O) groups is 3. The Bertz CT molecular complexity index is 1430. The number of hydrogen-bond acceptors (Lipinski definition) is 10. The van der Waals surface area contributed by atoms with Crippen LogP contribution >= 0.6 is 11.8 Å². The van der Waals surface area contributed by atoms with Gasteiger partial charge in [0, 0.05) is 29.1 Å². The average molecular weight is 490 g/mol. The van der Waals surface area contributed by atoms with Gasteiger partial charge in [-0.1, -0.05) is 12.1 Å². The van der Waals surface area contributed by atoms with Crippen molar-refractivity contribution >= 4 is 45.9 Å². The number of phenols is 1. The molecule has 1 aliphatic rings. The van der Waals surface area contributed by atoms with Gasteiger partial charge in [-0.05, 0) is 41.8 Å². The number of thioether (sulfide) groups is 1. The number of benzene rings is 2. The van der Waals surface area contributed by atoms with Crippen LogP contribution in [0.1, 0.15) is 26.3 Å². The number of aromatic hydroxyl groups is 1. The molecule has 0 spiro atoms. The van der Waals surface area contributed by atoms with Gasteiger partial charge in [0.25, 0.3) is 0 Å². The van der Waals surface area contributed by atoms with Gasteiger partial charge in [-0.2, -0.15) is 0 Å². The number of ether oxygens (including phenoxy) is 2. The number of methoxy groups -OCH3 is 2. The predicted octanol–water partition coefficient (Wildman–Crippen LogP) is 4.73. The minimum atomic E-state index is -0.553. The monoisotopic (exact) mass is 489 g/mol. The SMILES string of the molecule is COC(=O)C1=C(N=Nc2c(O)c(C(=O)c3ccncc3)cc3cc(C(=O)OC)ccc23)C=CCS1. The van der Waals surface area contributed by atoms with E-state index in [1.165, 1.54) is 62.6 Å². The molecule has 0 amide bonds. The number of fused-ring (bicyclic) bond motifs is 1. The van der Waals surface area contributed by atoms with Crippen LogP contribution in [0.3, 0.4) is 0 Å². The maximum Gasteiger partial charge on any atom is 0.346 e. The van der Waals surface area contributed by atoms with Gasteiger partial charge in [0.15, 0.2) is 11.5 Å². The number of azo groups is 1. The summed E-state index contributed by atoms with van der Waals surface area (Å²) in [6.07, 6.45) is 6.38. The fraction of sp³-hybridized carbons (Fsp3) is 0.120. The fourth-order valence-corrected chi connectivity index (χ4v) is 4.25. The molecule has 0 saturated heterocycles. The van der Waals surface area contributed by atoms with Crippen molar-refractivity contribution in [1.82, 2.24) is 4.98 Å². The Morgan fingerprint density at radius 2 is 1.71 bits per heavy atom. The second kappa shape index (κ2) is 10.3. The lowest BCUT2D eigenvalue weighted by Crippen LogP contribution is -2.06. The van der Waals surface area contributed by atoms with Crippen LogP contribution in [-0.2, 0) is 14.3 Å². The third-order valence-corrected chi connectivity index (χ3v) is 6.18. The van der Waals surface area contributed by atoms with Crippen LogP contribution in [-0.4, -0.2) is 47.8 Å². The summed E-state index contributed by atoms with van der Waals surface area (Å²) in [5.41, 5.74) is 0.812. The smallest absolute Gasteiger partial charge is 0.346 e. The Hall–Kier alpha value is -4.31. The molecule has 2 aromatic carbocycles. The minimum absolute atomic E-state index is 0.0111. The molecular weight excluding hydrogens is 470 g/mol. The summed E-state index contributed by atoms with van der Waals surface area (Å²) in [7, 11) is 2.54. The summed E-state index contributed by atoms with van der Waals surface area (Å²) in [6, 6.07) is 9.17. The molecule has 35 heavy (non-hydrogen) atoms. The maximum atomic E-state index is 13.2. The highest BCUT2D eigenvalue weighted by molar-refractivity contribution is 8.04. The first-order valence-corrected chi connectivity index (χ1v) is 11.3. The number of ketones is 1. The zero-order valence-electron chi connectivity index (χ0n) is 18.7. The average Bonchev–Trinajstić information content (AvgIpc) is 2.91. The van der Waals surface area contributed by atoms with Crippen LogP contribution in [0.2, 0.25) is 0 Å². The van der Waals surface area contributed by atoms with E-state index in [9.17, 15) is 19.5 Å². The van der Waals surface area contributed by atoms with E-state index in [0.717, 1.165) is 0 Å². The zero-order chi connectivity index (χ0) is 24.9. The molecule has 0 aliphatic carbocycles. The van der Waals surface area contributed by atoms with E-state index >= 15 is 0 Å². The van der Waals surface area contributed by atoms with Crippen molar-refractivity contribution in [2.75, 3.05) is 20.0 Å². The second-order valence-corrected chi connectivity index (χ2v) is 8.26. The molecule has 0 bridgehead atoms. The molecule has 3 aromatic rings. The van der Waals surface area contributed by atoms with Crippen molar-refractivity contribution in [3.8, 4) is 5.75 Å². The maximum absolute atomic E-state index is 13.2. The van der Waals surface area contributed by atoms with Crippen molar-refractivity contribution in [3.05, 3.63) is 88.2 Å². The van der Waals surface area contributed by atoms with Gasteiger partial charge in [0.1, 0.15) is 16.3 Å². The highest BCUT2D eigenvalue weighted by Gasteiger charge is 2.22. The van der Waals surface area contributed by atoms with Crippen molar-refractivity contribution in [3.63, 3.8) is 0 Å². The van der Waals surface area contributed by atoms with E-state index in [-0.39, 0.29) is 33.2 Å². The van der Waals surface area contributed by atoms with E-state index < -0.39 is 17.7 Å². The Balaban J connectivity index is 1.91. The summed E-state index contributed by atoms with van der Waals surface area (Å²) in [4.78, 5) is 41.6. The summed E-state index contributed by atoms with van der Waals surface area (Å²) >= 11 is 1.25. The standard InChI is InChI=1S/C25H19N3O6S/c1-33-24(31)15-5-6-17-16(12-15)13-18(21(29)14-7-9-26-10-8-14)22(30)20(17)28-27-19-4-3-11-35-23(19)25(32)34-2/h3-10,12-13,30H,11H2,1-2H3. The molecule has 0 radical (unpaired) electrons. The van der Waals surface area contributed by atoms with Gasteiger partial charge in [0.05, 0.1) is 25.3 Å². The third-order valence-electron chi connectivity index (χ3n) is 5.15. The lowest BCUT2D eigenvalue weighted by Gasteiger charge is -2.12. The molecule has 176 valence electrons. The molecule has 0 atom stereocenters. The Labute approximate surface area is 204 Å². The molecule has 2 heterocycles. The summed E-state index contributed by atoms with van der Waals surface area (Å²) in [5.74, 6) is -1.38. The molecular formula is C25H19N3O6S. The van der Waals surface area contributed by atoms with Crippen molar-refractivity contribution in [2.45, 2.75) is 0 Å². The molecule has 10 heteroatoms. The Morgan fingerprint density at radius 1 is 0.971 bits per heavy atom. The van der Waals surface area contributed by atoms with Gasteiger partial charge in [-0.25, -0.2) is 9.59 Å². The van der Waals surface area contributed by atoms with Gasteiger partial charge in [0.2, 0.25) is 0 Å². The van der Waals surface area contributed by atoms with Crippen LogP contribution in [0.25, 0.3) is 10.8 Å². The lowest BCUT2D eigenvalue weighted by molar-refractivity contribution is -0.135. The van der Waals surface area contributed by atoms with Crippen LogP contribution in [0.15, 0.2) is 81.8 Å². The number of aromatic nitrogens is 1. The van der Waals surface area contributed by atoms with E-state index in [4.69, 9.17) is 9.47 Å². The predicted molar refractivity (Wildman–Crippen MR) is 130 cm³/mol. The third kappa shape index (κ3) is 4.82. The number of esters is 2. The number of carbonyl (C=O) groups excluding carboxylic acids is 3. The van der Waals surface area contributed by atoms with Gasteiger partial charge in [-0.3, -0.25) is 9.78 Å². The summed E-state index contributed by atoms with van der Waals surface area (Å²) < 4.78 is 9.61. The van der Waals surface area contributed by atoms with Crippen LogP contribution in [0, 0.1) is 0 Å². The van der Waals surface area contributed by atoms with E-state index in [2.05, 4.69) is 15.2 Å². The van der Waals surface area contributed by atoms with E-state index in [1.807, 2.05) is 6.08 Å². The molecule has 0 fully saturated rings.